The summed E-state index contributed by atoms with van der Waals surface area (Å²) in [6.07, 6.45) is 1.94. The molecule has 2 heteroatoms. The maximum absolute atomic E-state index is 5.33. The highest BCUT2D eigenvalue weighted by molar-refractivity contribution is 8.02. The van der Waals surface area contributed by atoms with Crippen molar-refractivity contribution in [3.8, 4) is 5.75 Å². The molecule has 0 saturated carbocycles. The molecule has 1 nitrogen and oxygen atoms in total. The van der Waals surface area contributed by atoms with Gasteiger partial charge in [-0.1, -0.05) is 30.0 Å². The largest absolute Gasteiger partial charge is 0.451 e. The Hall–Kier alpha value is -0.890. The third-order valence-electron chi connectivity index (χ3n) is 1.20. The van der Waals surface area contributed by atoms with E-state index in [2.05, 4.69) is 6.58 Å². The summed E-state index contributed by atoms with van der Waals surface area (Å²) >= 11 is 1.50. The quantitative estimate of drug-likeness (QED) is 0.638. The number of benzene rings is 1. The average molecular weight is 166 g/mol. The average Bonchev–Trinajstić information content (AvgIpc) is 2.06. The maximum atomic E-state index is 5.33. The fourth-order valence-corrected chi connectivity index (χ4v) is 0.841. The first-order valence-electron chi connectivity index (χ1n) is 3.28. The van der Waals surface area contributed by atoms with E-state index in [0.29, 0.717) is 0 Å². The monoisotopic (exact) mass is 166 g/mol. The van der Waals surface area contributed by atoms with Crippen LogP contribution in [0.5, 0.6) is 5.75 Å². The molecule has 0 amide bonds. The second kappa shape index (κ2) is 4.09. The van der Waals surface area contributed by atoms with Crippen LogP contribution in [0.15, 0.2) is 42.0 Å². The highest BCUT2D eigenvalue weighted by atomic mass is 32.2. The van der Waals surface area contributed by atoms with Crippen LogP contribution in [0.2, 0.25) is 0 Å². The Morgan fingerprint density at radius 3 is 2.55 bits per heavy atom. The van der Waals surface area contributed by atoms with Gasteiger partial charge in [-0.25, -0.2) is 0 Å². The third-order valence-corrected chi connectivity index (χ3v) is 1.74. The van der Waals surface area contributed by atoms with Crippen LogP contribution in [0.4, 0.5) is 0 Å². The van der Waals surface area contributed by atoms with Gasteiger partial charge in [0.1, 0.15) is 5.75 Å². The lowest BCUT2D eigenvalue weighted by Crippen LogP contribution is -1.87. The van der Waals surface area contributed by atoms with Crippen LogP contribution in [0.3, 0.4) is 0 Å². The van der Waals surface area contributed by atoms with Crippen LogP contribution in [0.1, 0.15) is 0 Å². The molecule has 0 heterocycles. The zero-order valence-corrected chi connectivity index (χ0v) is 7.23. The minimum absolute atomic E-state index is 0.719. The number of ether oxygens (including phenoxy) is 1. The molecule has 0 atom stereocenters. The summed E-state index contributed by atoms with van der Waals surface area (Å²) in [4.78, 5) is 0. The highest BCUT2D eigenvalue weighted by Crippen LogP contribution is 2.16. The molecule has 0 spiro atoms. The molecule has 0 aliphatic rings. The SMILES string of the molecule is C=C(Oc1ccccc1)SC. The number of rotatable bonds is 3. The topological polar surface area (TPSA) is 9.23 Å². The highest BCUT2D eigenvalue weighted by Gasteiger charge is 1.92. The molecule has 0 bridgehead atoms. The summed E-state index contributed by atoms with van der Waals surface area (Å²) in [7, 11) is 0. The van der Waals surface area contributed by atoms with Crippen molar-refractivity contribution in [3.05, 3.63) is 42.0 Å². The van der Waals surface area contributed by atoms with E-state index in [1.807, 2.05) is 36.6 Å². The smallest absolute Gasteiger partial charge is 0.153 e. The Morgan fingerprint density at radius 1 is 1.36 bits per heavy atom. The zero-order valence-electron chi connectivity index (χ0n) is 6.41. The minimum atomic E-state index is 0.719. The lowest BCUT2D eigenvalue weighted by atomic mass is 10.3. The van der Waals surface area contributed by atoms with Gasteiger partial charge in [-0.2, -0.15) is 0 Å². The van der Waals surface area contributed by atoms with Crippen molar-refractivity contribution in [3.63, 3.8) is 0 Å². The molecule has 1 aromatic carbocycles. The van der Waals surface area contributed by atoms with Gasteiger partial charge in [0.05, 0.1) is 0 Å². The van der Waals surface area contributed by atoms with Crippen LogP contribution < -0.4 is 4.74 Å². The Kier molecular flexibility index (Phi) is 3.05. The van der Waals surface area contributed by atoms with Gasteiger partial charge in [-0.3, -0.25) is 0 Å². The van der Waals surface area contributed by atoms with Crippen LogP contribution in [0.25, 0.3) is 0 Å². The molecule has 11 heavy (non-hydrogen) atoms. The van der Waals surface area contributed by atoms with E-state index in [0.717, 1.165) is 10.8 Å². The van der Waals surface area contributed by atoms with Gasteiger partial charge >= 0.3 is 0 Å². The molecular formula is C9H10OS. The van der Waals surface area contributed by atoms with Crippen LogP contribution in [-0.2, 0) is 0 Å². The fourth-order valence-electron chi connectivity index (χ4n) is 0.662. The predicted molar refractivity (Wildman–Crippen MR) is 49.7 cm³/mol. The molecular weight excluding hydrogens is 156 g/mol. The van der Waals surface area contributed by atoms with Crippen molar-refractivity contribution in [2.24, 2.45) is 0 Å². The van der Waals surface area contributed by atoms with Crippen molar-refractivity contribution >= 4 is 11.8 Å². The fraction of sp³-hybridized carbons (Fsp3) is 0.111. The Bertz CT molecular complexity index is 231. The van der Waals surface area contributed by atoms with E-state index in [4.69, 9.17) is 4.74 Å². The number of hydrogen-bond donors (Lipinski definition) is 0. The maximum Gasteiger partial charge on any atom is 0.153 e. The van der Waals surface area contributed by atoms with Crippen molar-refractivity contribution < 1.29 is 4.74 Å². The zero-order chi connectivity index (χ0) is 8.10. The van der Waals surface area contributed by atoms with Gasteiger partial charge < -0.3 is 4.74 Å². The second-order valence-corrected chi connectivity index (χ2v) is 2.85. The van der Waals surface area contributed by atoms with Crippen molar-refractivity contribution in [2.75, 3.05) is 6.26 Å². The predicted octanol–water partition coefficient (Wildman–Crippen LogP) is 2.90. The lowest BCUT2D eigenvalue weighted by molar-refractivity contribution is 0.468. The summed E-state index contributed by atoms with van der Waals surface area (Å²) in [5.41, 5.74) is 0. The molecule has 0 aliphatic heterocycles. The van der Waals surface area contributed by atoms with Gasteiger partial charge in [-0.05, 0) is 25.0 Å². The van der Waals surface area contributed by atoms with Gasteiger partial charge in [-0.15, -0.1) is 0 Å². The lowest BCUT2D eigenvalue weighted by Gasteiger charge is -2.03. The van der Waals surface area contributed by atoms with E-state index < -0.39 is 0 Å². The first-order chi connectivity index (χ1) is 5.33. The Morgan fingerprint density at radius 2 is 2.00 bits per heavy atom. The van der Waals surface area contributed by atoms with Crippen molar-refractivity contribution in [1.82, 2.24) is 0 Å². The van der Waals surface area contributed by atoms with Gasteiger partial charge in [0.2, 0.25) is 0 Å². The standard InChI is InChI=1S/C9H10OS/c1-8(11-2)10-9-6-4-3-5-7-9/h3-7H,1H2,2H3. The molecule has 0 saturated heterocycles. The summed E-state index contributed by atoms with van der Waals surface area (Å²) in [6, 6.07) is 9.63. The Labute approximate surface area is 71.1 Å². The van der Waals surface area contributed by atoms with Gasteiger partial charge in [0.15, 0.2) is 5.09 Å². The molecule has 1 aromatic rings. The molecule has 0 unspecified atom stereocenters. The molecule has 1 rings (SSSR count). The molecule has 58 valence electrons. The molecule has 0 aliphatic carbocycles. The number of thioether (sulfide) groups is 1. The summed E-state index contributed by atoms with van der Waals surface area (Å²) < 4.78 is 5.33. The van der Waals surface area contributed by atoms with Gasteiger partial charge in [0, 0.05) is 0 Å². The van der Waals surface area contributed by atoms with E-state index in [-0.39, 0.29) is 0 Å². The van der Waals surface area contributed by atoms with Crippen LogP contribution >= 0.6 is 11.8 Å². The third kappa shape index (κ3) is 2.68. The van der Waals surface area contributed by atoms with Gasteiger partial charge in [0.25, 0.3) is 0 Å². The van der Waals surface area contributed by atoms with Crippen LogP contribution in [0, 0.1) is 0 Å². The number of hydrogen-bond acceptors (Lipinski definition) is 2. The van der Waals surface area contributed by atoms with E-state index in [9.17, 15) is 0 Å². The molecule has 0 aromatic heterocycles. The molecule has 0 N–H and O–H groups in total. The van der Waals surface area contributed by atoms with Crippen molar-refractivity contribution in [1.29, 1.82) is 0 Å². The number of para-hydroxylation sites is 1. The first-order valence-corrected chi connectivity index (χ1v) is 4.51. The molecule has 0 radical (unpaired) electrons. The molecule has 0 fully saturated rings. The van der Waals surface area contributed by atoms with Crippen LogP contribution in [-0.4, -0.2) is 6.26 Å². The van der Waals surface area contributed by atoms with Crippen molar-refractivity contribution in [2.45, 2.75) is 0 Å². The Balaban J connectivity index is 2.58. The summed E-state index contributed by atoms with van der Waals surface area (Å²) in [5, 5.41) is 0.719. The van der Waals surface area contributed by atoms with E-state index in [1.54, 1.807) is 0 Å². The summed E-state index contributed by atoms with van der Waals surface area (Å²) in [5.74, 6) is 0.840. The first kappa shape index (κ1) is 8.21. The normalized spacial score (nSPS) is 9.18. The summed E-state index contributed by atoms with van der Waals surface area (Å²) in [6.45, 7) is 3.71. The second-order valence-electron chi connectivity index (χ2n) is 1.99. The van der Waals surface area contributed by atoms with E-state index >= 15 is 0 Å². The van der Waals surface area contributed by atoms with E-state index in [1.165, 1.54) is 11.8 Å². The minimum Gasteiger partial charge on any atom is -0.451 e.